The van der Waals surface area contributed by atoms with E-state index < -0.39 is 15.8 Å². The minimum atomic E-state index is -3.45. The van der Waals surface area contributed by atoms with E-state index >= 15 is 0 Å². The van der Waals surface area contributed by atoms with Gasteiger partial charge >= 0.3 is 0 Å². The van der Waals surface area contributed by atoms with E-state index in [0.29, 0.717) is 0 Å². The maximum Gasteiger partial charge on any atom is 0.275 e. The summed E-state index contributed by atoms with van der Waals surface area (Å²) in [5.74, 6) is -0.398. The van der Waals surface area contributed by atoms with Gasteiger partial charge in [-0.25, -0.2) is 0 Å². The molecule has 4 nitrogen and oxygen atoms in total. The molecule has 0 fully saturated rings. The van der Waals surface area contributed by atoms with Crippen LogP contribution in [0.3, 0.4) is 0 Å². The van der Waals surface area contributed by atoms with Gasteiger partial charge in [0.2, 0.25) is 0 Å². The second kappa shape index (κ2) is 1.77. The monoisotopic (exact) mass is 145 g/mol. The minimum Gasteiger partial charge on any atom is -0.288 e. The zero-order valence-corrected chi connectivity index (χ0v) is 5.13. The highest BCUT2D eigenvalue weighted by Gasteiger charge is 2.07. The highest BCUT2D eigenvalue weighted by molar-refractivity contribution is 7.93. The van der Waals surface area contributed by atoms with E-state index in [1.165, 1.54) is 0 Å². The molecule has 0 spiro atoms. The van der Waals surface area contributed by atoms with Crippen LogP contribution in [0.25, 0.3) is 0 Å². The summed E-state index contributed by atoms with van der Waals surface area (Å²) in [4.78, 5) is 10.3. The van der Waals surface area contributed by atoms with Crippen LogP contribution in [-0.2, 0) is 14.8 Å². The van der Waals surface area contributed by atoms with E-state index in [2.05, 4.69) is 4.40 Å². The van der Waals surface area contributed by atoms with Gasteiger partial charge in [-0.05, 0) is 0 Å². The van der Waals surface area contributed by atoms with E-state index in [1.807, 2.05) is 0 Å². The van der Waals surface area contributed by atoms with Gasteiger partial charge in [-0.1, -0.05) is 0 Å². The lowest BCUT2D eigenvalue weighted by Crippen LogP contribution is -2.03. The van der Waals surface area contributed by atoms with Crippen molar-refractivity contribution in [1.82, 2.24) is 0 Å². The molecular formula is C4H3NO3S. The van der Waals surface area contributed by atoms with Crippen molar-refractivity contribution in [2.24, 2.45) is 4.40 Å². The van der Waals surface area contributed by atoms with Gasteiger partial charge in [-0.2, -0.15) is 12.8 Å². The molecule has 48 valence electrons. The Hall–Kier alpha value is -0.970. The first-order valence-corrected chi connectivity index (χ1v) is 3.63. The summed E-state index contributed by atoms with van der Waals surface area (Å²) < 4.78 is 23.7. The first-order valence-electron chi connectivity index (χ1n) is 2.12. The van der Waals surface area contributed by atoms with Gasteiger partial charge in [0.25, 0.3) is 10.0 Å². The molecule has 0 N–H and O–H groups in total. The molecule has 5 heteroatoms. The zero-order valence-electron chi connectivity index (χ0n) is 4.31. The molecule has 9 heavy (non-hydrogen) atoms. The molecule has 1 aliphatic heterocycles. The molecule has 0 atom stereocenters. The predicted octanol–water partition coefficient (Wildman–Crippen LogP) is -0.517. The number of hydrogen-bond donors (Lipinski definition) is 0. The lowest BCUT2D eigenvalue weighted by molar-refractivity contribution is -0.108. The fourth-order valence-corrected chi connectivity index (χ4v) is 0.984. The second-order valence-corrected chi connectivity index (χ2v) is 2.97. The quantitative estimate of drug-likeness (QED) is 0.461. The predicted molar refractivity (Wildman–Crippen MR) is 31.6 cm³/mol. The van der Waals surface area contributed by atoms with Crippen LogP contribution in [0.15, 0.2) is 15.9 Å². The zero-order chi connectivity index (χ0) is 6.91. The number of carbonyl (C=O) groups is 1. The van der Waals surface area contributed by atoms with Crippen molar-refractivity contribution in [3.8, 4) is 0 Å². The van der Waals surface area contributed by atoms with Crippen molar-refractivity contribution in [3.63, 3.8) is 0 Å². The maximum absolute atomic E-state index is 10.4. The average molecular weight is 145 g/mol. The molecule has 0 unspecified atom stereocenters. The normalized spacial score (nSPS) is 22.4. The highest BCUT2D eigenvalue weighted by atomic mass is 32.2. The number of hydrogen-bond acceptors (Lipinski definition) is 3. The highest BCUT2D eigenvalue weighted by Crippen LogP contribution is 1.97. The fraction of sp³-hybridized carbons (Fsp3) is 0. The van der Waals surface area contributed by atoms with Crippen LogP contribution < -0.4 is 0 Å². The summed E-state index contributed by atoms with van der Waals surface area (Å²) in [6, 6.07) is 0. The van der Waals surface area contributed by atoms with Crippen LogP contribution in [0.2, 0.25) is 0 Å². The molecule has 0 amide bonds. The summed E-state index contributed by atoms with van der Waals surface area (Å²) in [5.41, 5.74) is 0. The summed E-state index contributed by atoms with van der Waals surface area (Å²) in [7, 11) is -3.45. The molecule has 0 aromatic carbocycles. The van der Waals surface area contributed by atoms with E-state index in [-0.39, 0.29) is 0 Å². The van der Waals surface area contributed by atoms with Gasteiger partial charge in [0.05, 0.1) is 11.6 Å². The number of sulfonamides is 1. The van der Waals surface area contributed by atoms with Crippen molar-refractivity contribution in [1.29, 1.82) is 0 Å². The summed E-state index contributed by atoms with van der Waals surface area (Å²) in [5, 5.41) is 0.773. The number of ketones is 1. The van der Waals surface area contributed by atoms with E-state index in [9.17, 15) is 13.2 Å². The lowest BCUT2D eigenvalue weighted by Gasteiger charge is -1.91. The van der Waals surface area contributed by atoms with Gasteiger partial charge in [-0.3, -0.25) is 4.79 Å². The summed E-state index contributed by atoms with van der Waals surface area (Å²) in [6.07, 6.45) is 1.73. The Morgan fingerprint density at radius 1 is 1.44 bits per heavy atom. The molecular weight excluding hydrogens is 142 g/mol. The van der Waals surface area contributed by atoms with Crippen LogP contribution in [0, 0.1) is 0 Å². The lowest BCUT2D eigenvalue weighted by atomic mass is 10.4. The molecule has 1 rings (SSSR count). The molecule has 0 saturated heterocycles. The third kappa shape index (κ3) is 1.46. The van der Waals surface area contributed by atoms with Crippen molar-refractivity contribution in [2.75, 3.05) is 0 Å². The standard InChI is InChI=1S/C4H3NO3S/c6-4-1-2-9(7,8)5-3-4/h1-3H. The topological polar surface area (TPSA) is 63.6 Å². The Morgan fingerprint density at radius 3 is 2.44 bits per heavy atom. The van der Waals surface area contributed by atoms with Crippen LogP contribution in [0.5, 0.6) is 0 Å². The van der Waals surface area contributed by atoms with E-state index in [4.69, 9.17) is 0 Å². The molecule has 0 aliphatic carbocycles. The third-order valence-corrected chi connectivity index (χ3v) is 1.61. The van der Waals surface area contributed by atoms with Crippen molar-refractivity contribution in [3.05, 3.63) is 11.5 Å². The Labute approximate surface area is 52.0 Å². The van der Waals surface area contributed by atoms with Gasteiger partial charge in [0.1, 0.15) is 0 Å². The molecule has 1 heterocycles. The molecule has 1 aliphatic rings. The SMILES string of the molecule is O=C1C=CS(=O)(=O)N=C1. The second-order valence-electron chi connectivity index (χ2n) is 1.45. The Balaban J connectivity index is 3.10. The van der Waals surface area contributed by atoms with Crippen LogP contribution in [0.1, 0.15) is 0 Å². The number of allylic oxidation sites excluding steroid dienone is 1. The smallest absolute Gasteiger partial charge is 0.275 e. The maximum atomic E-state index is 10.4. The molecule has 0 aromatic rings. The van der Waals surface area contributed by atoms with Gasteiger partial charge in [0, 0.05) is 6.08 Å². The van der Waals surface area contributed by atoms with E-state index in [1.54, 1.807) is 0 Å². The number of rotatable bonds is 0. The van der Waals surface area contributed by atoms with Crippen LogP contribution >= 0.6 is 0 Å². The van der Waals surface area contributed by atoms with Gasteiger partial charge in [-0.15, -0.1) is 0 Å². The van der Waals surface area contributed by atoms with Crippen LogP contribution in [-0.4, -0.2) is 20.4 Å². The average Bonchev–Trinajstić information content (AvgIpc) is 1.78. The summed E-state index contributed by atoms with van der Waals surface area (Å²) in [6.45, 7) is 0. The molecule has 0 aromatic heterocycles. The Bertz CT molecular complexity index is 263. The van der Waals surface area contributed by atoms with Crippen molar-refractivity contribution in [2.45, 2.75) is 0 Å². The largest absolute Gasteiger partial charge is 0.288 e. The van der Waals surface area contributed by atoms with Crippen molar-refractivity contribution < 1.29 is 13.2 Å². The minimum absolute atomic E-state index is 0.398. The van der Waals surface area contributed by atoms with E-state index in [0.717, 1.165) is 17.7 Å². The molecule has 0 radical (unpaired) electrons. The first kappa shape index (κ1) is 6.15. The fourth-order valence-electron chi connectivity index (χ4n) is 0.357. The van der Waals surface area contributed by atoms with Gasteiger partial charge in [0.15, 0.2) is 5.78 Å². The van der Waals surface area contributed by atoms with Gasteiger partial charge < -0.3 is 0 Å². The summed E-state index contributed by atoms with van der Waals surface area (Å²) >= 11 is 0. The Kier molecular flexibility index (Phi) is 1.21. The molecule has 0 bridgehead atoms. The van der Waals surface area contributed by atoms with Crippen LogP contribution in [0.4, 0.5) is 0 Å². The van der Waals surface area contributed by atoms with Crippen molar-refractivity contribution >= 4 is 22.0 Å². The third-order valence-electron chi connectivity index (χ3n) is 0.731. The first-order chi connectivity index (χ1) is 4.10. The molecule has 0 saturated carbocycles. The number of carbonyl (C=O) groups excluding carboxylic acids is 1. The Morgan fingerprint density at radius 2 is 2.11 bits per heavy atom. The number of nitrogens with zero attached hydrogens (tertiary/aromatic N) is 1.